The molecule has 3 heterocycles. The summed E-state index contributed by atoms with van der Waals surface area (Å²) in [5, 5.41) is 11.3. The van der Waals surface area contributed by atoms with Gasteiger partial charge in [0.15, 0.2) is 5.13 Å². The Hall–Kier alpha value is -4.18. The van der Waals surface area contributed by atoms with Crippen LogP contribution in [0.4, 0.5) is 5.13 Å². The maximum Gasteiger partial charge on any atom is 0.350 e. The molecule has 1 unspecified atom stereocenters. The van der Waals surface area contributed by atoms with E-state index < -0.39 is 23.7 Å². The smallest absolute Gasteiger partial charge is 0.350 e. The third kappa shape index (κ3) is 4.55. The van der Waals surface area contributed by atoms with Crippen LogP contribution in [0.2, 0.25) is 0 Å². The summed E-state index contributed by atoms with van der Waals surface area (Å²) >= 11 is 0.912. The zero-order chi connectivity index (χ0) is 26.0. The molecule has 9 nitrogen and oxygen atoms in total. The van der Waals surface area contributed by atoms with Crippen molar-refractivity contribution in [2.75, 3.05) is 18.1 Å². The molecule has 36 heavy (non-hydrogen) atoms. The summed E-state index contributed by atoms with van der Waals surface area (Å²) in [7, 11) is 0. The Labute approximate surface area is 211 Å². The number of aliphatic hydroxyl groups excluding tert-OH is 1. The van der Waals surface area contributed by atoms with Crippen molar-refractivity contribution in [1.29, 1.82) is 0 Å². The minimum absolute atomic E-state index is 0.0164. The molecule has 1 saturated heterocycles. The van der Waals surface area contributed by atoms with Gasteiger partial charge in [-0.1, -0.05) is 36.1 Å². The van der Waals surface area contributed by atoms with Crippen molar-refractivity contribution in [3.8, 4) is 5.75 Å². The van der Waals surface area contributed by atoms with Crippen molar-refractivity contribution in [3.05, 3.63) is 82.3 Å². The Morgan fingerprint density at radius 3 is 2.72 bits per heavy atom. The molecule has 1 amide bonds. The maximum absolute atomic E-state index is 13.3. The average molecular weight is 509 g/mol. The highest BCUT2D eigenvalue weighted by atomic mass is 32.1. The Balaban J connectivity index is 1.85. The van der Waals surface area contributed by atoms with Crippen molar-refractivity contribution in [2.24, 2.45) is 0 Å². The molecule has 1 aromatic carbocycles. The summed E-state index contributed by atoms with van der Waals surface area (Å²) in [4.78, 5) is 44.7. The van der Waals surface area contributed by atoms with E-state index in [1.165, 1.54) is 6.08 Å². The van der Waals surface area contributed by atoms with E-state index in [9.17, 15) is 19.5 Å². The summed E-state index contributed by atoms with van der Waals surface area (Å²) < 4.78 is 16.4. The van der Waals surface area contributed by atoms with Gasteiger partial charge in [-0.3, -0.25) is 14.5 Å². The van der Waals surface area contributed by atoms with Gasteiger partial charge >= 0.3 is 11.9 Å². The highest BCUT2D eigenvalue weighted by Gasteiger charge is 2.50. The highest BCUT2D eigenvalue weighted by molar-refractivity contribution is 7.17. The molecule has 10 heteroatoms. The number of nitrogens with zero attached hydrogens (tertiary/aromatic N) is 2. The summed E-state index contributed by atoms with van der Waals surface area (Å²) in [5.41, 5.74) is 0.479. The fraction of sp³-hybridized carbons (Fsp3) is 0.231. The largest absolute Gasteiger partial charge is 0.507 e. The number of anilines is 1. The first kappa shape index (κ1) is 24.9. The summed E-state index contributed by atoms with van der Waals surface area (Å²) in [5.74, 6) is -1.50. The molecule has 0 spiro atoms. The van der Waals surface area contributed by atoms with Gasteiger partial charge in [0, 0.05) is 5.56 Å². The number of furan rings is 1. The van der Waals surface area contributed by atoms with Crippen molar-refractivity contribution >= 4 is 39.9 Å². The normalized spacial score (nSPS) is 16.9. The Morgan fingerprint density at radius 2 is 2.06 bits per heavy atom. The van der Waals surface area contributed by atoms with Crippen molar-refractivity contribution in [2.45, 2.75) is 26.8 Å². The second kappa shape index (κ2) is 10.2. The predicted molar refractivity (Wildman–Crippen MR) is 133 cm³/mol. The first-order valence-corrected chi connectivity index (χ1v) is 11.9. The van der Waals surface area contributed by atoms with E-state index in [1.54, 1.807) is 50.2 Å². The minimum Gasteiger partial charge on any atom is -0.507 e. The number of hydrogen-bond donors (Lipinski definition) is 1. The number of ether oxygens (including phenoxy) is 2. The van der Waals surface area contributed by atoms with Crippen LogP contribution in [0.1, 0.15) is 45.4 Å². The van der Waals surface area contributed by atoms with Gasteiger partial charge in [-0.2, -0.15) is 0 Å². The Kier molecular flexibility index (Phi) is 7.07. The van der Waals surface area contributed by atoms with Gasteiger partial charge in [-0.25, -0.2) is 9.78 Å². The number of aryl methyl sites for hydroxylation is 2. The number of esters is 1. The van der Waals surface area contributed by atoms with Crippen LogP contribution in [0, 0.1) is 13.8 Å². The standard InChI is InChI=1S/C26H24N2O7S/c1-5-12-34-25(32)23-15(4)27-26(36-23)28-20(18-11-10-14(3)35-18)19(22(30)24(28)31)21(29)16-8-7-9-17(13-16)33-6-2/h5,7-11,13,20,29H,1,6,12H2,2-4H3/b21-19+. The molecule has 3 aromatic rings. The number of aliphatic hydroxyl groups is 1. The lowest BCUT2D eigenvalue weighted by molar-refractivity contribution is -0.132. The molecule has 0 saturated carbocycles. The molecule has 4 rings (SSSR count). The summed E-state index contributed by atoms with van der Waals surface area (Å²) in [6.45, 7) is 9.11. The number of thiazole rings is 1. The third-order valence-corrected chi connectivity index (χ3v) is 6.54. The maximum atomic E-state index is 13.3. The molecule has 0 bridgehead atoms. The zero-order valence-electron chi connectivity index (χ0n) is 19.9. The number of benzene rings is 1. The van der Waals surface area contributed by atoms with E-state index in [2.05, 4.69) is 11.6 Å². The van der Waals surface area contributed by atoms with Gasteiger partial charge in [0.25, 0.3) is 5.78 Å². The fourth-order valence-electron chi connectivity index (χ4n) is 3.83. The molecule has 0 radical (unpaired) electrons. The molecule has 1 aliphatic heterocycles. The van der Waals surface area contributed by atoms with Gasteiger partial charge in [0.1, 0.15) is 40.6 Å². The highest BCUT2D eigenvalue weighted by Crippen LogP contribution is 2.44. The minimum atomic E-state index is -1.10. The predicted octanol–water partition coefficient (Wildman–Crippen LogP) is 4.72. The quantitative estimate of drug-likeness (QED) is 0.153. The van der Waals surface area contributed by atoms with Crippen LogP contribution in [-0.2, 0) is 14.3 Å². The lowest BCUT2D eigenvalue weighted by Crippen LogP contribution is -2.29. The van der Waals surface area contributed by atoms with Crippen LogP contribution in [0.15, 0.2) is 59.0 Å². The number of hydrogen-bond acceptors (Lipinski definition) is 9. The van der Waals surface area contributed by atoms with Crippen LogP contribution in [0.25, 0.3) is 5.76 Å². The Morgan fingerprint density at radius 1 is 1.28 bits per heavy atom. The first-order chi connectivity index (χ1) is 17.3. The van der Waals surface area contributed by atoms with E-state index in [1.807, 2.05) is 6.92 Å². The first-order valence-electron chi connectivity index (χ1n) is 11.1. The van der Waals surface area contributed by atoms with Gasteiger partial charge in [-0.15, -0.1) is 0 Å². The van der Waals surface area contributed by atoms with E-state index in [-0.39, 0.29) is 33.7 Å². The van der Waals surface area contributed by atoms with Gasteiger partial charge in [-0.05, 0) is 45.0 Å². The monoisotopic (exact) mass is 508 g/mol. The number of carbonyl (C=O) groups is 3. The van der Waals surface area contributed by atoms with Gasteiger partial charge in [0.05, 0.1) is 17.9 Å². The number of carbonyl (C=O) groups excluding carboxylic acids is 3. The summed E-state index contributed by atoms with van der Waals surface area (Å²) in [6.07, 6.45) is 1.44. The number of rotatable bonds is 8. The zero-order valence-corrected chi connectivity index (χ0v) is 20.8. The molecule has 1 N–H and O–H groups in total. The summed E-state index contributed by atoms with van der Waals surface area (Å²) in [6, 6.07) is 8.80. The second-order valence-corrected chi connectivity index (χ2v) is 8.85. The number of ketones is 1. The molecule has 2 aromatic heterocycles. The fourth-order valence-corrected chi connectivity index (χ4v) is 4.82. The molecule has 1 fully saturated rings. The van der Waals surface area contributed by atoms with Crippen LogP contribution in [0.5, 0.6) is 5.75 Å². The molecular formula is C26H24N2O7S. The van der Waals surface area contributed by atoms with Crippen LogP contribution in [0.3, 0.4) is 0 Å². The van der Waals surface area contributed by atoms with Crippen molar-refractivity contribution in [3.63, 3.8) is 0 Å². The average Bonchev–Trinajstić information content (AvgIpc) is 3.53. The van der Waals surface area contributed by atoms with E-state index >= 15 is 0 Å². The number of aromatic nitrogens is 1. The molecule has 186 valence electrons. The Bertz CT molecular complexity index is 1380. The number of amides is 1. The molecular weight excluding hydrogens is 484 g/mol. The topological polar surface area (TPSA) is 119 Å². The molecule has 1 aliphatic rings. The van der Waals surface area contributed by atoms with E-state index in [0.29, 0.717) is 29.4 Å². The van der Waals surface area contributed by atoms with Gasteiger partial charge < -0.3 is 19.0 Å². The lowest BCUT2D eigenvalue weighted by Gasteiger charge is -2.20. The SMILES string of the molecule is C=CCOC(=O)c1sc(N2C(=O)C(=O)/C(=C(/O)c3cccc(OCC)c3)C2c2ccc(C)o2)nc1C. The van der Waals surface area contributed by atoms with E-state index in [4.69, 9.17) is 13.9 Å². The number of Topliss-reactive ketones (excluding diaryl/α,β-unsaturated/α-hetero) is 1. The van der Waals surface area contributed by atoms with Crippen LogP contribution in [-0.4, -0.2) is 41.0 Å². The molecule has 1 atom stereocenters. The van der Waals surface area contributed by atoms with Crippen molar-refractivity contribution in [1.82, 2.24) is 4.98 Å². The lowest BCUT2D eigenvalue weighted by atomic mass is 9.99. The third-order valence-electron chi connectivity index (χ3n) is 5.40. The molecule has 0 aliphatic carbocycles. The van der Waals surface area contributed by atoms with Crippen molar-refractivity contribution < 1.29 is 33.4 Å². The van der Waals surface area contributed by atoms with Crippen LogP contribution < -0.4 is 9.64 Å². The van der Waals surface area contributed by atoms with Gasteiger partial charge in [0.2, 0.25) is 0 Å². The second-order valence-electron chi connectivity index (χ2n) is 7.88. The van der Waals surface area contributed by atoms with Crippen LogP contribution >= 0.6 is 11.3 Å². The van der Waals surface area contributed by atoms with E-state index in [0.717, 1.165) is 16.2 Å².